The summed E-state index contributed by atoms with van der Waals surface area (Å²) in [4.78, 5) is 2.48. The summed E-state index contributed by atoms with van der Waals surface area (Å²) in [7, 11) is 0. The summed E-state index contributed by atoms with van der Waals surface area (Å²) in [6.45, 7) is 9.71. The van der Waals surface area contributed by atoms with Crippen molar-refractivity contribution in [1.29, 1.82) is 0 Å². The number of anilines is 3. The summed E-state index contributed by atoms with van der Waals surface area (Å²) in [5, 5.41) is 2.55. The molecule has 5 atom stereocenters. The van der Waals surface area contributed by atoms with Gasteiger partial charge in [0.1, 0.15) is 0 Å². The third kappa shape index (κ3) is 4.89. The van der Waals surface area contributed by atoms with Crippen molar-refractivity contribution >= 4 is 27.8 Å². The van der Waals surface area contributed by atoms with Gasteiger partial charge in [-0.2, -0.15) is 0 Å². The molecule has 1 nitrogen and oxygen atoms in total. The van der Waals surface area contributed by atoms with Crippen LogP contribution >= 0.6 is 0 Å². The standard InChI is InChI=1S/C57H53N/c1-55(2)28-29-56(3,4)53-35-46(26-27-50(53)55)58(44-22-18-38(19-23-44)41-17-16-37-10-5-6-11-40(37)33-41)45-24-20-39(21-25-45)47-13-9-15-51-54(47)48-12-7-8-14-49(48)57(51)43-31-36-30-42(34-43)52(57)32-36/h5-27,33,35-36,42-43,52H,28-32,34H2,1-4H3. The van der Waals surface area contributed by atoms with Crippen LogP contribution in [0.5, 0.6) is 0 Å². The number of fused-ring (bicyclic) bond motifs is 5. The number of benzene rings is 7. The molecule has 6 aliphatic rings. The Hall–Kier alpha value is -5.40. The molecular weight excluding hydrogens is 699 g/mol. The summed E-state index contributed by atoms with van der Waals surface area (Å²) < 4.78 is 0. The molecule has 5 unspecified atom stereocenters. The van der Waals surface area contributed by atoms with Gasteiger partial charge in [0.2, 0.25) is 0 Å². The smallest absolute Gasteiger partial charge is 0.0464 e. The predicted octanol–water partition coefficient (Wildman–Crippen LogP) is 15.3. The highest BCUT2D eigenvalue weighted by Crippen LogP contribution is 2.73. The predicted molar refractivity (Wildman–Crippen MR) is 243 cm³/mol. The second-order valence-electron chi connectivity index (χ2n) is 20.0. The molecule has 0 radical (unpaired) electrons. The van der Waals surface area contributed by atoms with Crippen LogP contribution in [-0.2, 0) is 16.2 Å². The van der Waals surface area contributed by atoms with Gasteiger partial charge in [-0.05, 0) is 182 Å². The fraction of sp³-hybridized carbons (Fsp3) is 0.298. The van der Waals surface area contributed by atoms with Crippen molar-refractivity contribution < 1.29 is 0 Å². The van der Waals surface area contributed by atoms with E-state index >= 15 is 0 Å². The molecule has 13 rings (SSSR count). The molecule has 6 aliphatic carbocycles. The van der Waals surface area contributed by atoms with E-state index in [1.165, 1.54) is 111 Å². The minimum atomic E-state index is 0.121. The molecule has 286 valence electrons. The Bertz CT molecular complexity index is 2760. The lowest BCUT2D eigenvalue weighted by molar-refractivity contribution is 0.191. The van der Waals surface area contributed by atoms with E-state index in [0.717, 1.165) is 23.7 Å². The number of rotatable bonds is 5. The third-order valence-corrected chi connectivity index (χ3v) is 16.1. The maximum atomic E-state index is 2.52. The van der Waals surface area contributed by atoms with E-state index in [-0.39, 0.29) is 16.2 Å². The lowest BCUT2D eigenvalue weighted by atomic mass is 9.59. The van der Waals surface area contributed by atoms with E-state index < -0.39 is 0 Å². The van der Waals surface area contributed by atoms with Gasteiger partial charge in [-0.15, -0.1) is 0 Å². The SMILES string of the molecule is CC1(C)CCC(C)(C)c2cc(N(c3ccc(-c4ccc5ccccc5c4)cc3)c3ccc(-c4cccc5c4-c4ccccc4C54C5CC6CC(C5)C4C6)cc3)ccc21. The van der Waals surface area contributed by atoms with Crippen LogP contribution in [0.25, 0.3) is 44.2 Å². The van der Waals surface area contributed by atoms with Gasteiger partial charge in [0, 0.05) is 22.5 Å². The molecule has 0 saturated heterocycles. The number of hydrogen-bond donors (Lipinski definition) is 0. The monoisotopic (exact) mass is 751 g/mol. The van der Waals surface area contributed by atoms with Gasteiger partial charge < -0.3 is 4.90 Å². The average molecular weight is 752 g/mol. The summed E-state index contributed by atoms with van der Waals surface area (Å²) in [5.41, 5.74) is 18.5. The molecule has 58 heavy (non-hydrogen) atoms. The molecule has 0 amide bonds. The molecule has 0 heterocycles. The van der Waals surface area contributed by atoms with Crippen LogP contribution in [-0.4, -0.2) is 0 Å². The van der Waals surface area contributed by atoms with E-state index in [0.29, 0.717) is 0 Å². The van der Waals surface area contributed by atoms with Crippen molar-refractivity contribution in [3.63, 3.8) is 0 Å². The summed E-state index contributed by atoms with van der Waals surface area (Å²) in [5.74, 6) is 3.43. The van der Waals surface area contributed by atoms with Crippen LogP contribution in [0.2, 0.25) is 0 Å². The maximum absolute atomic E-state index is 2.52. The molecule has 4 fully saturated rings. The molecule has 7 aromatic rings. The summed E-state index contributed by atoms with van der Waals surface area (Å²) >= 11 is 0. The fourth-order valence-corrected chi connectivity index (χ4v) is 13.4. The first-order valence-corrected chi connectivity index (χ1v) is 22.1. The second kappa shape index (κ2) is 12.3. The van der Waals surface area contributed by atoms with Crippen molar-refractivity contribution in [2.75, 3.05) is 4.90 Å². The zero-order valence-corrected chi connectivity index (χ0v) is 34.4. The van der Waals surface area contributed by atoms with E-state index in [4.69, 9.17) is 0 Å². The lowest BCUT2D eigenvalue weighted by Gasteiger charge is -2.43. The topological polar surface area (TPSA) is 3.24 Å². The first kappa shape index (κ1) is 34.6. The van der Waals surface area contributed by atoms with Gasteiger partial charge >= 0.3 is 0 Å². The van der Waals surface area contributed by atoms with E-state index in [1.54, 1.807) is 11.1 Å². The van der Waals surface area contributed by atoms with Crippen molar-refractivity contribution in [1.82, 2.24) is 0 Å². The maximum Gasteiger partial charge on any atom is 0.0464 e. The molecule has 1 spiro atoms. The first-order valence-electron chi connectivity index (χ1n) is 22.1. The van der Waals surface area contributed by atoms with Crippen molar-refractivity contribution in [3.8, 4) is 33.4 Å². The Morgan fingerprint density at radius 3 is 1.86 bits per heavy atom. The Kier molecular flexibility index (Phi) is 7.35. The van der Waals surface area contributed by atoms with E-state index in [9.17, 15) is 0 Å². The highest BCUT2D eigenvalue weighted by atomic mass is 15.1. The quantitative estimate of drug-likeness (QED) is 0.169. The van der Waals surface area contributed by atoms with Gasteiger partial charge in [0.15, 0.2) is 0 Å². The van der Waals surface area contributed by atoms with Crippen LogP contribution in [0.4, 0.5) is 17.1 Å². The largest absolute Gasteiger partial charge is 0.310 e. The van der Waals surface area contributed by atoms with Crippen LogP contribution in [0.1, 0.15) is 88.5 Å². The van der Waals surface area contributed by atoms with Crippen molar-refractivity contribution in [2.24, 2.45) is 23.7 Å². The van der Waals surface area contributed by atoms with Crippen molar-refractivity contribution in [2.45, 2.75) is 82.5 Å². The number of hydrogen-bond acceptors (Lipinski definition) is 1. The molecular formula is C57H53N. The molecule has 0 aromatic heterocycles. The average Bonchev–Trinajstić information content (AvgIpc) is 3.80. The zero-order chi connectivity index (χ0) is 39.0. The molecule has 0 N–H and O–H groups in total. The lowest BCUT2D eigenvalue weighted by Crippen LogP contribution is -2.40. The van der Waals surface area contributed by atoms with Gasteiger partial charge in [0.05, 0.1) is 0 Å². The van der Waals surface area contributed by atoms with Crippen LogP contribution < -0.4 is 4.90 Å². The second-order valence-corrected chi connectivity index (χ2v) is 20.0. The van der Waals surface area contributed by atoms with Crippen LogP contribution in [0, 0.1) is 23.7 Å². The normalized spacial score (nSPS) is 25.2. The Labute approximate surface area is 344 Å². The van der Waals surface area contributed by atoms with Gasteiger partial charge in [-0.25, -0.2) is 0 Å². The van der Waals surface area contributed by atoms with Gasteiger partial charge in [-0.1, -0.05) is 137 Å². The molecule has 7 aromatic carbocycles. The van der Waals surface area contributed by atoms with Crippen LogP contribution in [0.15, 0.2) is 152 Å². The number of nitrogens with zero attached hydrogens (tertiary/aromatic N) is 1. The minimum absolute atomic E-state index is 0.121. The van der Waals surface area contributed by atoms with Gasteiger partial charge in [-0.3, -0.25) is 0 Å². The Morgan fingerprint density at radius 1 is 0.448 bits per heavy atom. The van der Waals surface area contributed by atoms with Crippen molar-refractivity contribution in [3.05, 3.63) is 174 Å². The molecule has 1 heteroatoms. The Balaban J connectivity index is 0.968. The third-order valence-electron chi connectivity index (χ3n) is 16.1. The highest BCUT2D eigenvalue weighted by Gasteiger charge is 2.66. The van der Waals surface area contributed by atoms with Gasteiger partial charge in [0.25, 0.3) is 0 Å². The van der Waals surface area contributed by atoms with E-state index in [1.807, 2.05) is 0 Å². The summed E-state index contributed by atoms with van der Waals surface area (Å²) in [6.07, 6.45) is 8.12. The van der Waals surface area contributed by atoms with Crippen LogP contribution in [0.3, 0.4) is 0 Å². The fourth-order valence-electron chi connectivity index (χ4n) is 13.4. The zero-order valence-electron chi connectivity index (χ0n) is 34.4. The molecule has 4 saturated carbocycles. The molecule has 0 aliphatic heterocycles. The summed E-state index contributed by atoms with van der Waals surface area (Å²) in [6, 6.07) is 58.3. The minimum Gasteiger partial charge on any atom is -0.310 e. The first-order chi connectivity index (χ1) is 28.2. The van der Waals surface area contributed by atoms with E-state index in [2.05, 4.69) is 184 Å². The molecule has 4 bridgehead atoms. The Morgan fingerprint density at radius 2 is 1.09 bits per heavy atom. The highest BCUT2D eigenvalue weighted by molar-refractivity contribution is 5.94.